The van der Waals surface area contributed by atoms with Crippen molar-refractivity contribution in [2.75, 3.05) is 19.7 Å². The minimum Gasteiger partial charge on any atom is -0.483 e. The van der Waals surface area contributed by atoms with Crippen molar-refractivity contribution in [3.8, 4) is 5.75 Å². The van der Waals surface area contributed by atoms with Gasteiger partial charge in [-0.3, -0.25) is 4.79 Å². The van der Waals surface area contributed by atoms with Gasteiger partial charge in [0, 0.05) is 24.5 Å². The zero-order valence-electron chi connectivity index (χ0n) is 13.2. The number of β-amino-alcohol motifs (C(OH)–C–C–N with tert-alkyl or cyclic N) is 1. The number of carbonyl (C=O) groups is 2. The van der Waals surface area contributed by atoms with Crippen molar-refractivity contribution >= 4 is 22.8 Å². The molecule has 2 N–H and O–H groups in total. The van der Waals surface area contributed by atoms with Crippen molar-refractivity contribution < 1.29 is 24.5 Å². The van der Waals surface area contributed by atoms with E-state index in [0.717, 1.165) is 5.56 Å². The number of benzene rings is 1. The van der Waals surface area contributed by atoms with E-state index in [0.29, 0.717) is 36.2 Å². The van der Waals surface area contributed by atoms with Crippen molar-refractivity contribution in [2.24, 2.45) is 0 Å². The summed E-state index contributed by atoms with van der Waals surface area (Å²) in [5, 5.41) is 19.3. The van der Waals surface area contributed by atoms with Crippen molar-refractivity contribution in [3.05, 3.63) is 35.5 Å². The molecule has 0 unspecified atom stereocenters. The summed E-state index contributed by atoms with van der Waals surface area (Å²) in [6.07, 6.45) is 0.0733. The van der Waals surface area contributed by atoms with Gasteiger partial charge in [-0.2, -0.15) is 0 Å². The van der Waals surface area contributed by atoms with Crippen LogP contribution in [-0.2, 0) is 4.79 Å². The van der Waals surface area contributed by atoms with Crippen LogP contribution in [0.15, 0.2) is 24.3 Å². The van der Waals surface area contributed by atoms with Gasteiger partial charge >= 0.3 is 5.97 Å². The molecule has 1 amide bonds. The van der Waals surface area contributed by atoms with Gasteiger partial charge in [0.1, 0.15) is 5.75 Å². The van der Waals surface area contributed by atoms with Crippen molar-refractivity contribution in [1.82, 2.24) is 9.88 Å². The van der Waals surface area contributed by atoms with Crippen LogP contribution >= 0.6 is 0 Å². The quantitative estimate of drug-likeness (QED) is 0.874. The Labute approximate surface area is 138 Å². The Balaban J connectivity index is 1.85. The summed E-state index contributed by atoms with van der Waals surface area (Å²) >= 11 is 0. The molecule has 1 fully saturated rings. The Morgan fingerprint density at radius 2 is 2.17 bits per heavy atom. The fourth-order valence-electron chi connectivity index (χ4n) is 2.73. The van der Waals surface area contributed by atoms with Gasteiger partial charge in [0.05, 0.1) is 11.6 Å². The van der Waals surface area contributed by atoms with Gasteiger partial charge in [0.2, 0.25) is 0 Å². The lowest BCUT2D eigenvalue weighted by atomic mass is 10.1. The predicted octanol–water partition coefficient (Wildman–Crippen LogP) is 1.21. The number of nitrogens with zero attached hydrogens (tertiary/aromatic N) is 2. The number of rotatable bonds is 4. The lowest BCUT2D eigenvalue weighted by Crippen LogP contribution is -2.33. The highest BCUT2D eigenvalue weighted by molar-refractivity contribution is 5.93. The maximum atomic E-state index is 12.1. The zero-order chi connectivity index (χ0) is 17.3. The Morgan fingerprint density at radius 1 is 1.38 bits per heavy atom. The van der Waals surface area contributed by atoms with Crippen LogP contribution in [0.2, 0.25) is 0 Å². The van der Waals surface area contributed by atoms with Gasteiger partial charge in [-0.25, -0.2) is 9.78 Å². The average Bonchev–Trinajstić information content (AvgIpc) is 2.98. The number of carboxylic acid groups (broad SMARTS) is 1. The van der Waals surface area contributed by atoms with Crippen LogP contribution in [0.1, 0.15) is 22.5 Å². The van der Waals surface area contributed by atoms with Gasteiger partial charge < -0.3 is 19.8 Å². The molecule has 0 aliphatic carbocycles. The molecule has 0 radical (unpaired) electrons. The number of aliphatic hydroxyl groups is 1. The van der Waals surface area contributed by atoms with Crippen LogP contribution < -0.4 is 4.74 Å². The fraction of sp³-hybridized carbons (Fsp3) is 0.353. The number of hydrogen-bond donors (Lipinski definition) is 2. The molecule has 1 aromatic heterocycles. The number of aryl methyl sites for hydroxylation is 1. The number of ether oxygens (including phenoxy) is 1. The molecule has 1 aliphatic heterocycles. The molecule has 1 saturated heterocycles. The second-order valence-electron chi connectivity index (χ2n) is 5.90. The summed E-state index contributed by atoms with van der Waals surface area (Å²) < 4.78 is 5.58. The summed E-state index contributed by atoms with van der Waals surface area (Å²) in [5.74, 6) is -1.08. The minimum absolute atomic E-state index is 0.132. The maximum absolute atomic E-state index is 12.1. The molecule has 2 heterocycles. The average molecular weight is 330 g/mol. The van der Waals surface area contributed by atoms with E-state index in [1.165, 1.54) is 11.0 Å². The summed E-state index contributed by atoms with van der Waals surface area (Å²) in [6.45, 7) is 2.48. The standard InChI is InChI=1S/C17H18N2O5/c1-10-2-3-12-13(6-10)18-14(17(22)23)7-15(12)24-9-16(21)19-5-4-11(20)8-19/h2-3,6-7,11,20H,4-5,8-9H2,1H3,(H,22,23)/t11-/m1/s1. The Kier molecular flexibility index (Phi) is 4.35. The Hall–Kier alpha value is -2.67. The van der Waals surface area contributed by atoms with E-state index in [1.807, 2.05) is 13.0 Å². The Morgan fingerprint density at radius 3 is 2.83 bits per heavy atom. The SMILES string of the molecule is Cc1ccc2c(OCC(=O)N3CC[C@@H](O)C3)cc(C(=O)O)nc2c1. The molecule has 1 atom stereocenters. The summed E-state index contributed by atoms with van der Waals surface area (Å²) in [7, 11) is 0. The van der Waals surface area contributed by atoms with E-state index in [-0.39, 0.29) is 18.2 Å². The van der Waals surface area contributed by atoms with E-state index < -0.39 is 12.1 Å². The molecule has 1 aliphatic rings. The van der Waals surface area contributed by atoms with Crippen molar-refractivity contribution in [3.63, 3.8) is 0 Å². The lowest BCUT2D eigenvalue weighted by Gasteiger charge is -2.16. The molecule has 7 nitrogen and oxygen atoms in total. The van der Waals surface area contributed by atoms with Gasteiger partial charge in [0.25, 0.3) is 5.91 Å². The van der Waals surface area contributed by atoms with E-state index >= 15 is 0 Å². The number of pyridine rings is 1. The third kappa shape index (κ3) is 3.30. The monoisotopic (exact) mass is 330 g/mol. The number of aromatic nitrogens is 1. The summed E-state index contributed by atoms with van der Waals surface area (Å²) in [4.78, 5) is 29.0. The number of likely N-dealkylation sites (tertiary alicyclic amines) is 1. The highest BCUT2D eigenvalue weighted by atomic mass is 16.5. The van der Waals surface area contributed by atoms with Gasteiger partial charge in [-0.1, -0.05) is 6.07 Å². The van der Waals surface area contributed by atoms with Gasteiger partial charge in [0.15, 0.2) is 12.3 Å². The van der Waals surface area contributed by atoms with Gasteiger partial charge in [-0.15, -0.1) is 0 Å². The smallest absolute Gasteiger partial charge is 0.354 e. The molecule has 1 aromatic carbocycles. The van der Waals surface area contributed by atoms with Crippen molar-refractivity contribution in [2.45, 2.75) is 19.4 Å². The normalized spacial score (nSPS) is 17.2. The highest BCUT2D eigenvalue weighted by Gasteiger charge is 2.25. The predicted molar refractivity (Wildman–Crippen MR) is 86.1 cm³/mol. The summed E-state index contributed by atoms with van der Waals surface area (Å²) in [6, 6.07) is 6.76. The number of aliphatic hydroxyl groups excluding tert-OH is 1. The van der Waals surface area contributed by atoms with Crippen LogP contribution in [0.25, 0.3) is 10.9 Å². The highest BCUT2D eigenvalue weighted by Crippen LogP contribution is 2.26. The maximum Gasteiger partial charge on any atom is 0.354 e. The third-order valence-corrected chi connectivity index (χ3v) is 4.01. The molecule has 126 valence electrons. The molecule has 3 rings (SSSR count). The molecular formula is C17H18N2O5. The minimum atomic E-state index is -1.16. The number of carbonyl (C=O) groups excluding carboxylic acids is 1. The fourth-order valence-corrected chi connectivity index (χ4v) is 2.73. The second-order valence-corrected chi connectivity index (χ2v) is 5.90. The number of amides is 1. The van der Waals surface area contributed by atoms with Crippen LogP contribution in [-0.4, -0.2) is 57.8 Å². The first-order valence-electron chi connectivity index (χ1n) is 7.67. The summed E-state index contributed by atoms with van der Waals surface area (Å²) in [5.41, 5.74) is 1.33. The molecule has 0 bridgehead atoms. The molecule has 0 spiro atoms. The number of aromatic carboxylic acids is 1. The molecule has 0 saturated carbocycles. The van der Waals surface area contributed by atoms with Crippen LogP contribution in [0.3, 0.4) is 0 Å². The largest absolute Gasteiger partial charge is 0.483 e. The zero-order valence-corrected chi connectivity index (χ0v) is 13.2. The van der Waals surface area contributed by atoms with E-state index in [9.17, 15) is 19.8 Å². The van der Waals surface area contributed by atoms with Crippen LogP contribution in [0.4, 0.5) is 0 Å². The molecule has 2 aromatic rings. The second kappa shape index (κ2) is 6.45. The number of hydrogen-bond acceptors (Lipinski definition) is 5. The van der Waals surface area contributed by atoms with Crippen LogP contribution in [0.5, 0.6) is 5.75 Å². The Bertz CT molecular complexity index is 805. The van der Waals surface area contributed by atoms with E-state index in [1.54, 1.807) is 12.1 Å². The first-order chi connectivity index (χ1) is 11.4. The molecule has 24 heavy (non-hydrogen) atoms. The van der Waals surface area contributed by atoms with E-state index in [4.69, 9.17) is 4.74 Å². The third-order valence-electron chi connectivity index (χ3n) is 4.01. The molecule has 7 heteroatoms. The number of fused-ring (bicyclic) bond motifs is 1. The topological polar surface area (TPSA) is 100.0 Å². The first kappa shape index (κ1) is 16.2. The van der Waals surface area contributed by atoms with E-state index in [2.05, 4.69) is 4.98 Å². The van der Waals surface area contributed by atoms with Gasteiger partial charge in [-0.05, 0) is 31.0 Å². The lowest BCUT2D eigenvalue weighted by molar-refractivity contribution is -0.132. The molecular weight excluding hydrogens is 312 g/mol. The van der Waals surface area contributed by atoms with Crippen molar-refractivity contribution in [1.29, 1.82) is 0 Å². The first-order valence-corrected chi connectivity index (χ1v) is 7.67. The van der Waals surface area contributed by atoms with Crippen LogP contribution in [0, 0.1) is 6.92 Å². The number of carboxylic acids is 1.